The van der Waals surface area contributed by atoms with Gasteiger partial charge in [-0.2, -0.15) is 0 Å². The van der Waals surface area contributed by atoms with Crippen LogP contribution in [-0.4, -0.2) is 64.1 Å². The fourth-order valence-corrected chi connectivity index (χ4v) is 5.75. The molecule has 2 atom stereocenters. The van der Waals surface area contributed by atoms with Gasteiger partial charge in [-0.1, -0.05) is 30.4 Å². The van der Waals surface area contributed by atoms with Crippen molar-refractivity contribution in [2.75, 3.05) is 18.0 Å². The first kappa shape index (κ1) is 25.7. The van der Waals surface area contributed by atoms with Crippen LogP contribution in [0.1, 0.15) is 45.7 Å². The molecule has 1 aliphatic rings. The molecule has 1 fully saturated rings. The van der Waals surface area contributed by atoms with Gasteiger partial charge in [0.05, 0.1) is 10.3 Å². The summed E-state index contributed by atoms with van der Waals surface area (Å²) >= 11 is 0. The highest BCUT2D eigenvalue weighted by atomic mass is 32.2. The van der Waals surface area contributed by atoms with Gasteiger partial charge in [-0.05, 0) is 53.7 Å². The second kappa shape index (κ2) is 9.24. The van der Waals surface area contributed by atoms with Crippen molar-refractivity contribution in [2.45, 2.75) is 64.1 Å². The number of benzene rings is 1. The molecule has 3 aromatic rings. The number of ether oxygens (including phenoxy) is 1. The first-order chi connectivity index (χ1) is 16.8. The van der Waals surface area contributed by atoms with Crippen molar-refractivity contribution in [3.8, 4) is 0 Å². The molecule has 4 rings (SSSR count). The summed E-state index contributed by atoms with van der Waals surface area (Å²) in [4.78, 5) is 25.7. The fraction of sp³-hybridized carbons (Fsp3) is 0.423. The van der Waals surface area contributed by atoms with Crippen LogP contribution in [0.25, 0.3) is 17.1 Å². The number of nitrogens with zero attached hydrogens (tertiary/aromatic N) is 5. The minimum absolute atomic E-state index is 0.0958. The molecule has 3 heterocycles. The molecular weight excluding hydrogens is 478 g/mol. The van der Waals surface area contributed by atoms with Crippen molar-refractivity contribution in [2.24, 2.45) is 0 Å². The first-order valence-electron chi connectivity index (χ1n) is 11.9. The molecule has 2 aromatic heterocycles. The number of hydrogen-bond acceptors (Lipinski definition) is 7. The van der Waals surface area contributed by atoms with Gasteiger partial charge in [-0.3, -0.25) is 0 Å². The maximum Gasteiger partial charge on any atom is 0.410 e. The number of rotatable bonds is 4. The third-order valence-electron chi connectivity index (χ3n) is 6.24. The van der Waals surface area contributed by atoms with Gasteiger partial charge in [-0.25, -0.2) is 27.2 Å². The predicted molar refractivity (Wildman–Crippen MR) is 141 cm³/mol. The number of aromatic nitrogens is 3. The highest BCUT2D eigenvalue weighted by Gasteiger charge is 2.36. The molecule has 192 valence electrons. The molecule has 0 radical (unpaired) electrons. The largest absolute Gasteiger partial charge is 0.444 e. The molecule has 0 aliphatic carbocycles. The minimum atomic E-state index is -3.89. The number of amides is 1. The lowest BCUT2D eigenvalue weighted by Gasteiger charge is -2.44. The summed E-state index contributed by atoms with van der Waals surface area (Å²) in [6.45, 7) is 16.2. The Balaban J connectivity index is 1.75. The smallest absolute Gasteiger partial charge is 0.410 e. The highest BCUT2D eigenvalue weighted by molar-refractivity contribution is 7.90. The second-order valence-corrected chi connectivity index (χ2v) is 12.1. The summed E-state index contributed by atoms with van der Waals surface area (Å²) in [6.07, 6.45) is 4.18. The molecule has 1 saturated heterocycles. The van der Waals surface area contributed by atoms with E-state index in [-0.39, 0.29) is 28.7 Å². The summed E-state index contributed by atoms with van der Waals surface area (Å²) in [5.41, 5.74) is 1.28. The summed E-state index contributed by atoms with van der Waals surface area (Å²) in [6, 6.07) is 6.46. The van der Waals surface area contributed by atoms with Crippen LogP contribution in [0, 0.1) is 6.92 Å². The number of carbonyl (C=O) groups is 1. The van der Waals surface area contributed by atoms with Gasteiger partial charge in [-0.15, -0.1) is 0 Å². The van der Waals surface area contributed by atoms with Gasteiger partial charge in [0, 0.05) is 36.9 Å². The van der Waals surface area contributed by atoms with Crippen LogP contribution < -0.4 is 4.90 Å². The van der Waals surface area contributed by atoms with E-state index in [0.717, 1.165) is 5.56 Å². The summed E-state index contributed by atoms with van der Waals surface area (Å²) in [5.74, 6) is 0.607. The van der Waals surface area contributed by atoms with Crippen LogP contribution in [0.5, 0.6) is 0 Å². The molecular formula is C26H33N5O4S. The number of aryl methyl sites for hydroxylation is 1. The maximum atomic E-state index is 13.5. The lowest BCUT2D eigenvalue weighted by Crippen LogP contribution is -2.59. The van der Waals surface area contributed by atoms with Crippen molar-refractivity contribution in [3.05, 3.63) is 54.5 Å². The monoisotopic (exact) mass is 511 g/mol. The first-order valence-corrected chi connectivity index (χ1v) is 13.3. The topological polar surface area (TPSA) is 97.6 Å². The number of piperazine rings is 1. The van der Waals surface area contributed by atoms with E-state index in [1.54, 1.807) is 35.2 Å². The number of anilines is 1. The van der Waals surface area contributed by atoms with Crippen LogP contribution in [0.2, 0.25) is 0 Å². The van der Waals surface area contributed by atoms with E-state index in [0.29, 0.717) is 29.9 Å². The Morgan fingerprint density at radius 3 is 2.39 bits per heavy atom. The molecule has 1 aromatic carbocycles. The third kappa shape index (κ3) is 4.69. The van der Waals surface area contributed by atoms with Crippen molar-refractivity contribution < 1.29 is 17.9 Å². The van der Waals surface area contributed by atoms with Crippen LogP contribution in [0.3, 0.4) is 0 Å². The van der Waals surface area contributed by atoms with E-state index < -0.39 is 15.6 Å². The SMILES string of the molecule is C=Cc1cn(S(=O)(=O)c2ccc(C)cc2)c2ncnc(N3CC(C)N(C(=O)OC(C)(C)C)CC3C)c12. The summed E-state index contributed by atoms with van der Waals surface area (Å²) < 4.78 is 33.8. The Morgan fingerprint density at radius 2 is 1.78 bits per heavy atom. The molecule has 1 amide bonds. The Morgan fingerprint density at radius 1 is 1.11 bits per heavy atom. The zero-order valence-corrected chi connectivity index (χ0v) is 22.4. The Hall–Kier alpha value is -3.40. The molecule has 2 unspecified atom stereocenters. The number of fused-ring (bicyclic) bond motifs is 1. The zero-order chi connectivity index (χ0) is 26.4. The Bertz CT molecular complexity index is 1410. The van der Waals surface area contributed by atoms with Gasteiger partial charge < -0.3 is 14.5 Å². The molecule has 0 N–H and O–H groups in total. The number of carbonyl (C=O) groups excluding carboxylic acids is 1. The average molecular weight is 512 g/mol. The van der Waals surface area contributed by atoms with Crippen molar-refractivity contribution in [1.29, 1.82) is 0 Å². The van der Waals surface area contributed by atoms with Crippen LogP contribution >= 0.6 is 0 Å². The van der Waals surface area contributed by atoms with E-state index in [2.05, 4.69) is 21.4 Å². The van der Waals surface area contributed by atoms with Gasteiger partial charge >= 0.3 is 6.09 Å². The molecule has 0 spiro atoms. The fourth-order valence-electron chi connectivity index (χ4n) is 4.42. The van der Waals surface area contributed by atoms with Gasteiger partial charge in [0.1, 0.15) is 17.7 Å². The lowest BCUT2D eigenvalue weighted by molar-refractivity contribution is 0.0130. The Kier molecular flexibility index (Phi) is 6.59. The zero-order valence-electron chi connectivity index (χ0n) is 21.6. The van der Waals surface area contributed by atoms with Crippen molar-refractivity contribution in [1.82, 2.24) is 18.8 Å². The van der Waals surface area contributed by atoms with E-state index in [4.69, 9.17) is 4.74 Å². The third-order valence-corrected chi connectivity index (χ3v) is 7.91. The van der Waals surface area contributed by atoms with Crippen LogP contribution in [0.15, 0.2) is 48.3 Å². The van der Waals surface area contributed by atoms with E-state index in [1.165, 1.54) is 16.5 Å². The van der Waals surface area contributed by atoms with Gasteiger partial charge in [0.2, 0.25) is 0 Å². The average Bonchev–Trinajstić information content (AvgIpc) is 3.19. The molecule has 36 heavy (non-hydrogen) atoms. The van der Waals surface area contributed by atoms with Crippen LogP contribution in [0.4, 0.5) is 10.6 Å². The normalized spacial score (nSPS) is 18.9. The van der Waals surface area contributed by atoms with Gasteiger partial charge in [0.15, 0.2) is 5.65 Å². The molecule has 9 nitrogen and oxygen atoms in total. The predicted octanol–water partition coefficient (Wildman–Crippen LogP) is 4.45. The van der Waals surface area contributed by atoms with Gasteiger partial charge in [0.25, 0.3) is 10.0 Å². The van der Waals surface area contributed by atoms with Crippen LogP contribution in [-0.2, 0) is 14.8 Å². The standard InChI is InChI=1S/C26H33N5O4S/c1-8-20-15-31(36(33,34)21-11-9-17(2)10-12-21)24-22(20)23(27-16-28-24)29-13-19(4)30(14-18(29)3)25(32)35-26(5,6)7/h8-12,15-16,18-19H,1,13-14H2,2-7H3. The summed E-state index contributed by atoms with van der Waals surface area (Å²) in [5, 5.41) is 0.605. The van der Waals surface area contributed by atoms with Crippen molar-refractivity contribution in [3.63, 3.8) is 0 Å². The lowest BCUT2D eigenvalue weighted by atomic mass is 10.1. The summed E-state index contributed by atoms with van der Waals surface area (Å²) in [7, 11) is -3.89. The number of hydrogen-bond donors (Lipinski definition) is 0. The maximum absolute atomic E-state index is 13.5. The van der Waals surface area contributed by atoms with E-state index in [1.807, 2.05) is 41.5 Å². The molecule has 10 heteroatoms. The molecule has 0 bridgehead atoms. The highest BCUT2D eigenvalue weighted by Crippen LogP contribution is 2.34. The molecule has 0 saturated carbocycles. The van der Waals surface area contributed by atoms with Crippen molar-refractivity contribution >= 4 is 39.0 Å². The quantitative estimate of drug-likeness (QED) is 0.510. The Labute approximate surface area is 212 Å². The second-order valence-electron chi connectivity index (χ2n) is 10.3. The molecule has 1 aliphatic heterocycles. The van der Waals surface area contributed by atoms with E-state index >= 15 is 0 Å². The minimum Gasteiger partial charge on any atom is -0.444 e. The van der Waals surface area contributed by atoms with E-state index in [9.17, 15) is 13.2 Å².